The van der Waals surface area contributed by atoms with E-state index in [1.54, 1.807) is 26.4 Å². The van der Waals surface area contributed by atoms with Crippen molar-refractivity contribution >= 4 is 10.8 Å². The van der Waals surface area contributed by atoms with Gasteiger partial charge in [-0.15, -0.1) is 0 Å². The Bertz CT molecular complexity index is 526. The highest BCUT2D eigenvalue weighted by atomic mass is 16.5. The molecule has 0 saturated heterocycles. The fourth-order valence-corrected chi connectivity index (χ4v) is 1.68. The topological polar surface area (TPSA) is 35.5 Å². The van der Waals surface area contributed by atoms with Crippen LogP contribution in [0.15, 0.2) is 41.2 Å². The lowest BCUT2D eigenvalue weighted by atomic mass is 10.1. The summed E-state index contributed by atoms with van der Waals surface area (Å²) >= 11 is 0. The summed E-state index contributed by atoms with van der Waals surface area (Å²) in [5.74, 6) is 1.46. The summed E-state index contributed by atoms with van der Waals surface area (Å²) in [7, 11) is 3.21. The third-order valence-electron chi connectivity index (χ3n) is 2.48. The van der Waals surface area contributed by atoms with E-state index in [9.17, 15) is 4.79 Å². The quantitative estimate of drug-likeness (QED) is 0.772. The maximum atomic E-state index is 11.3. The summed E-state index contributed by atoms with van der Waals surface area (Å²) < 4.78 is 10.5. The van der Waals surface area contributed by atoms with E-state index in [0.29, 0.717) is 0 Å². The molecule has 0 spiro atoms. The van der Waals surface area contributed by atoms with Gasteiger partial charge in [-0.05, 0) is 36.4 Å². The minimum atomic E-state index is -0.0414. The smallest absolute Gasteiger partial charge is 0.178 e. The van der Waals surface area contributed by atoms with Crippen molar-refractivity contribution in [3.05, 3.63) is 46.6 Å². The molecule has 0 radical (unpaired) electrons. The van der Waals surface area contributed by atoms with Crippen LogP contribution in [0, 0.1) is 0 Å². The van der Waals surface area contributed by atoms with Gasteiger partial charge in [-0.1, -0.05) is 0 Å². The fourth-order valence-electron chi connectivity index (χ4n) is 1.68. The van der Waals surface area contributed by atoms with Gasteiger partial charge in [-0.2, -0.15) is 0 Å². The number of hydrogen-bond acceptors (Lipinski definition) is 3. The van der Waals surface area contributed by atoms with Crippen LogP contribution in [-0.2, 0) is 0 Å². The lowest BCUT2D eigenvalue weighted by Crippen LogP contribution is -1.87. The van der Waals surface area contributed by atoms with Gasteiger partial charge >= 0.3 is 0 Å². The Balaban J connectivity index is 2.91. The summed E-state index contributed by atoms with van der Waals surface area (Å²) in [4.78, 5) is 11.3. The molecule has 0 atom stereocenters. The molecule has 16 heavy (non-hydrogen) atoms. The second-order valence-electron chi connectivity index (χ2n) is 3.37. The Morgan fingerprint density at radius 1 is 0.750 bits per heavy atom. The van der Waals surface area contributed by atoms with Gasteiger partial charge in [0.1, 0.15) is 11.5 Å². The van der Waals surface area contributed by atoms with Gasteiger partial charge in [-0.3, -0.25) is 4.79 Å². The Morgan fingerprint density at radius 3 is 1.56 bits per heavy atom. The van der Waals surface area contributed by atoms with Gasteiger partial charge in [0.05, 0.1) is 14.2 Å². The molecule has 3 nitrogen and oxygen atoms in total. The second kappa shape index (κ2) is 4.23. The molecule has 0 fully saturated rings. The van der Waals surface area contributed by atoms with Gasteiger partial charge in [0.15, 0.2) is 5.43 Å². The van der Waals surface area contributed by atoms with E-state index in [0.717, 1.165) is 22.3 Å². The van der Waals surface area contributed by atoms with E-state index in [2.05, 4.69) is 0 Å². The minimum absolute atomic E-state index is 0.0414. The van der Waals surface area contributed by atoms with Crippen LogP contribution in [0.2, 0.25) is 0 Å². The van der Waals surface area contributed by atoms with E-state index in [-0.39, 0.29) is 5.43 Å². The van der Waals surface area contributed by atoms with Crippen LogP contribution in [-0.4, -0.2) is 14.2 Å². The first kappa shape index (κ1) is 10.5. The molecule has 2 aromatic rings. The van der Waals surface area contributed by atoms with Crippen LogP contribution in [0.25, 0.3) is 10.8 Å². The third kappa shape index (κ3) is 1.72. The zero-order valence-electron chi connectivity index (χ0n) is 9.19. The Labute approximate surface area is 93.2 Å². The molecule has 0 amide bonds. The highest BCUT2D eigenvalue weighted by Gasteiger charge is 2.05. The van der Waals surface area contributed by atoms with Crippen LogP contribution >= 0.6 is 0 Å². The molecular formula is C13H12O3. The van der Waals surface area contributed by atoms with Crippen molar-refractivity contribution in [2.75, 3.05) is 14.2 Å². The van der Waals surface area contributed by atoms with Crippen molar-refractivity contribution in [1.82, 2.24) is 0 Å². The molecule has 2 aromatic carbocycles. The molecular weight excluding hydrogens is 204 g/mol. The van der Waals surface area contributed by atoms with Crippen molar-refractivity contribution in [2.45, 2.75) is 0 Å². The number of ether oxygens (including phenoxy) is 2. The third-order valence-corrected chi connectivity index (χ3v) is 2.48. The molecule has 0 unspecified atom stereocenters. The van der Waals surface area contributed by atoms with Crippen LogP contribution in [0.4, 0.5) is 0 Å². The zero-order valence-corrected chi connectivity index (χ0v) is 9.19. The van der Waals surface area contributed by atoms with Gasteiger partial charge in [0.2, 0.25) is 0 Å². The Morgan fingerprint density at radius 2 is 1.19 bits per heavy atom. The molecule has 0 bridgehead atoms. The monoisotopic (exact) mass is 216 g/mol. The minimum Gasteiger partial charge on any atom is -0.496 e. The summed E-state index contributed by atoms with van der Waals surface area (Å²) in [6.45, 7) is 0. The van der Waals surface area contributed by atoms with E-state index >= 15 is 0 Å². The summed E-state index contributed by atoms with van der Waals surface area (Å²) in [6.07, 6.45) is 0. The first-order valence-corrected chi connectivity index (χ1v) is 4.91. The number of rotatable bonds is 2. The van der Waals surface area contributed by atoms with E-state index in [1.165, 1.54) is 12.1 Å². The average molecular weight is 216 g/mol. The number of hydrogen-bond donors (Lipinski definition) is 0. The lowest BCUT2D eigenvalue weighted by Gasteiger charge is -2.07. The average Bonchev–Trinajstić information content (AvgIpc) is 2.51. The first-order chi connectivity index (χ1) is 7.76. The standard InChI is InChI=1S/C13H12O3/c1-15-12-7-8-13(16-2)11-6-4-9(14)3-5-10(11)12/h3-8H,1-2H3. The lowest BCUT2D eigenvalue weighted by molar-refractivity contribution is 0.410. The summed E-state index contributed by atoms with van der Waals surface area (Å²) in [5, 5.41) is 1.73. The van der Waals surface area contributed by atoms with Crippen LogP contribution in [0.3, 0.4) is 0 Å². The largest absolute Gasteiger partial charge is 0.496 e. The zero-order chi connectivity index (χ0) is 11.5. The van der Waals surface area contributed by atoms with Crippen molar-refractivity contribution in [2.24, 2.45) is 0 Å². The van der Waals surface area contributed by atoms with E-state index in [4.69, 9.17) is 9.47 Å². The normalized spacial score (nSPS) is 10.1. The fraction of sp³-hybridized carbons (Fsp3) is 0.154. The first-order valence-electron chi connectivity index (χ1n) is 4.91. The van der Waals surface area contributed by atoms with E-state index < -0.39 is 0 Å². The molecule has 0 aliphatic carbocycles. The van der Waals surface area contributed by atoms with Crippen LogP contribution in [0.5, 0.6) is 11.5 Å². The van der Waals surface area contributed by atoms with Crippen LogP contribution < -0.4 is 14.9 Å². The Hall–Kier alpha value is -2.03. The molecule has 0 saturated carbocycles. The molecule has 2 rings (SSSR count). The summed E-state index contributed by atoms with van der Waals surface area (Å²) in [6, 6.07) is 10.2. The van der Waals surface area contributed by atoms with Crippen molar-refractivity contribution < 1.29 is 9.47 Å². The molecule has 0 aliphatic heterocycles. The predicted octanol–water partition coefficient (Wildman–Crippen LogP) is 2.22. The van der Waals surface area contributed by atoms with Crippen molar-refractivity contribution in [3.63, 3.8) is 0 Å². The van der Waals surface area contributed by atoms with Gasteiger partial charge in [0.25, 0.3) is 0 Å². The van der Waals surface area contributed by atoms with Crippen molar-refractivity contribution in [3.8, 4) is 11.5 Å². The summed E-state index contributed by atoms with van der Waals surface area (Å²) in [5.41, 5.74) is -0.0414. The maximum Gasteiger partial charge on any atom is 0.178 e. The number of benzene rings is 1. The van der Waals surface area contributed by atoms with Gasteiger partial charge in [-0.25, -0.2) is 0 Å². The highest BCUT2D eigenvalue weighted by molar-refractivity contribution is 5.92. The SMILES string of the molecule is COc1ccc(OC)c2ccc(=O)ccc12. The van der Waals surface area contributed by atoms with Crippen molar-refractivity contribution in [1.29, 1.82) is 0 Å². The second-order valence-corrected chi connectivity index (χ2v) is 3.37. The van der Waals surface area contributed by atoms with Crippen LogP contribution in [0.1, 0.15) is 0 Å². The number of fused-ring (bicyclic) bond motifs is 1. The highest BCUT2D eigenvalue weighted by Crippen LogP contribution is 2.31. The molecule has 3 heteroatoms. The molecule has 82 valence electrons. The molecule has 0 aromatic heterocycles. The van der Waals surface area contributed by atoms with Gasteiger partial charge in [0, 0.05) is 10.8 Å². The van der Waals surface area contributed by atoms with Gasteiger partial charge < -0.3 is 9.47 Å². The number of methoxy groups -OCH3 is 2. The molecule has 0 heterocycles. The Kier molecular flexibility index (Phi) is 2.77. The molecule has 0 aliphatic rings. The predicted molar refractivity (Wildman–Crippen MR) is 63.3 cm³/mol. The maximum absolute atomic E-state index is 11.3. The van der Waals surface area contributed by atoms with E-state index in [1.807, 2.05) is 12.1 Å². The molecule has 0 N–H and O–H groups in total.